The molecular weight excluding hydrogens is 260 g/mol. The molecular formula is C18H38N2O. The van der Waals surface area contributed by atoms with Crippen LogP contribution in [0.15, 0.2) is 0 Å². The predicted molar refractivity (Wildman–Crippen MR) is 91.9 cm³/mol. The molecule has 3 heteroatoms. The van der Waals surface area contributed by atoms with Gasteiger partial charge in [-0.15, -0.1) is 0 Å². The Morgan fingerprint density at radius 2 is 1.19 bits per heavy atom. The van der Waals surface area contributed by atoms with Crippen molar-refractivity contribution in [2.24, 2.45) is 5.41 Å². The van der Waals surface area contributed by atoms with Crippen molar-refractivity contribution in [1.29, 1.82) is 0 Å². The van der Waals surface area contributed by atoms with Gasteiger partial charge in [-0.05, 0) is 58.0 Å². The van der Waals surface area contributed by atoms with Gasteiger partial charge >= 0.3 is 0 Å². The van der Waals surface area contributed by atoms with Crippen molar-refractivity contribution in [2.75, 3.05) is 46.4 Å². The minimum atomic E-state index is 0.0365. The van der Waals surface area contributed by atoms with Crippen molar-refractivity contribution >= 4 is 0 Å². The monoisotopic (exact) mass is 298 g/mol. The van der Waals surface area contributed by atoms with Gasteiger partial charge in [-0.3, -0.25) is 0 Å². The Morgan fingerprint density at radius 1 is 0.762 bits per heavy atom. The topological polar surface area (TPSA) is 15.7 Å². The molecule has 3 nitrogen and oxygen atoms in total. The lowest BCUT2D eigenvalue weighted by Crippen LogP contribution is -2.47. The molecule has 0 aliphatic carbocycles. The highest BCUT2D eigenvalue weighted by Crippen LogP contribution is 2.21. The molecule has 0 atom stereocenters. The molecule has 0 bridgehead atoms. The second-order valence-corrected chi connectivity index (χ2v) is 8.41. The first-order valence-electron chi connectivity index (χ1n) is 8.72. The minimum absolute atomic E-state index is 0.0365. The van der Waals surface area contributed by atoms with Gasteiger partial charge in [0.05, 0.1) is 5.60 Å². The summed E-state index contributed by atoms with van der Waals surface area (Å²) in [5.74, 6) is 0. The van der Waals surface area contributed by atoms with E-state index in [1.165, 1.54) is 58.5 Å². The highest BCUT2D eigenvalue weighted by Gasteiger charge is 2.19. The quantitative estimate of drug-likeness (QED) is 0.680. The highest BCUT2D eigenvalue weighted by atomic mass is 16.5. The molecule has 0 aromatic heterocycles. The number of ether oxygens (including phenoxy) is 1. The summed E-state index contributed by atoms with van der Waals surface area (Å²) in [7, 11) is 1.82. The van der Waals surface area contributed by atoms with Crippen molar-refractivity contribution in [3.63, 3.8) is 0 Å². The number of hydrogen-bond donors (Lipinski definition) is 0. The van der Waals surface area contributed by atoms with Crippen molar-refractivity contribution in [3.05, 3.63) is 0 Å². The van der Waals surface area contributed by atoms with Crippen LogP contribution in [0.2, 0.25) is 0 Å². The van der Waals surface area contributed by atoms with Gasteiger partial charge in [0, 0.05) is 33.3 Å². The van der Waals surface area contributed by atoms with Gasteiger partial charge in [-0.1, -0.05) is 20.8 Å². The van der Waals surface area contributed by atoms with E-state index in [1.807, 2.05) is 7.11 Å². The van der Waals surface area contributed by atoms with Gasteiger partial charge in [0.15, 0.2) is 0 Å². The largest absolute Gasteiger partial charge is 0.379 e. The third-order valence-corrected chi connectivity index (χ3v) is 4.67. The van der Waals surface area contributed by atoms with Crippen LogP contribution in [0.5, 0.6) is 0 Å². The standard InChI is InChI=1S/C18H38N2O/c1-17(2,3)9-7-11-19-13-15-20(16-14-19)12-8-10-18(4,5)21-6/h7-16H2,1-6H3. The molecule has 1 fully saturated rings. The maximum absolute atomic E-state index is 5.49. The van der Waals surface area contributed by atoms with E-state index in [2.05, 4.69) is 44.4 Å². The fourth-order valence-electron chi connectivity index (χ4n) is 2.90. The summed E-state index contributed by atoms with van der Waals surface area (Å²) in [4.78, 5) is 5.26. The molecule has 1 aliphatic rings. The molecule has 21 heavy (non-hydrogen) atoms. The molecule has 1 rings (SSSR count). The van der Waals surface area contributed by atoms with Crippen LogP contribution < -0.4 is 0 Å². The normalized spacial score (nSPS) is 19.1. The number of nitrogens with zero attached hydrogens (tertiary/aromatic N) is 2. The van der Waals surface area contributed by atoms with Crippen LogP contribution in [0.1, 0.15) is 60.3 Å². The van der Waals surface area contributed by atoms with Gasteiger partial charge in [-0.25, -0.2) is 0 Å². The van der Waals surface area contributed by atoms with Crippen LogP contribution in [-0.4, -0.2) is 61.8 Å². The lowest BCUT2D eigenvalue weighted by molar-refractivity contribution is 0.0105. The van der Waals surface area contributed by atoms with Gasteiger partial charge < -0.3 is 14.5 Å². The van der Waals surface area contributed by atoms with E-state index in [1.54, 1.807) is 0 Å². The lowest BCUT2D eigenvalue weighted by atomic mass is 9.90. The second-order valence-electron chi connectivity index (χ2n) is 8.41. The van der Waals surface area contributed by atoms with Gasteiger partial charge in [0.1, 0.15) is 0 Å². The zero-order valence-corrected chi connectivity index (χ0v) is 15.4. The first-order valence-corrected chi connectivity index (χ1v) is 8.72. The zero-order chi connectivity index (χ0) is 15.9. The summed E-state index contributed by atoms with van der Waals surface area (Å²) in [5.41, 5.74) is 0.519. The van der Waals surface area contributed by atoms with E-state index in [0.29, 0.717) is 5.41 Å². The minimum Gasteiger partial charge on any atom is -0.379 e. The molecule has 1 saturated heterocycles. The first kappa shape index (κ1) is 18.9. The lowest BCUT2D eigenvalue weighted by Gasteiger charge is -2.35. The Balaban J connectivity index is 2.09. The van der Waals surface area contributed by atoms with E-state index < -0.39 is 0 Å². The number of hydrogen-bond acceptors (Lipinski definition) is 3. The second kappa shape index (κ2) is 8.50. The fourth-order valence-corrected chi connectivity index (χ4v) is 2.90. The summed E-state index contributed by atoms with van der Waals surface area (Å²) >= 11 is 0. The predicted octanol–water partition coefficient (Wildman–Crippen LogP) is 3.64. The molecule has 0 radical (unpaired) electrons. The summed E-state index contributed by atoms with van der Waals surface area (Å²) in [6, 6.07) is 0. The molecule has 0 aromatic carbocycles. The SMILES string of the molecule is COC(C)(C)CCCN1CCN(CCCC(C)(C)C)CC1. The first-order chi connectivity index (χ1) is 9.72. The number of rotatable bonds is 8. The average Bonchev–Trinajstić information content (AvgIpc) is 2.39. The van der Waals surface area contributed by atoms with Crippen LogP contribution in [0.4, 0.5) is 0 Å². The maximum Gasteiger partial charge on any atom is 0.0623 e. The Bertz CT molecular complexity index is 275. The molecule has 0 spiro atoms. The summed E-state index contributed by atoms with van der Waals surface area (Å²) in [6.45, 7) is 18.9. The summed E-state index contributed by atoms with van der Waals surface area (Å²) in [5, 5.41) is 0. The average molecular weight is 299 g/mol. The van der Waals surface area contributed by atoms with Gasteiger partial charge in [0.2, 0.25) is 0 Å². The van der Waals surface area contributed by atoms with E-state index >= 15 is 0 Å². The smallest absolute Gasteiger partial charge is 0.0623 e. The molecule has 0 unspecified atom stereocenters. The molecule has 126 valence electrons. The number of methoxy groups -OCH3 is 1. The van der Waals surface area contributed by atoms with Gasteiger partial charge in [-0.2, -0.15) is 0 Å². The molecule has 0 aromatic rings. The zero-order valence-electron chi connectivity index (χ0n) is 15.4. The van der Waals surface area contributed by atoms with Gasteiger partial charge in [0.25, 0.3) is 0 Å². The third-order valence-electron chi connectivity index (χ3n) is 4.67. The molecule has 1 heterocycles. The van der Waals surface area contributed by atoms with Crippen LogP contribution in [-0.2, 0) is 4.74 Å². The Labute approximate surface area is 133 Å². The van der Waals surface area contributed by atoms with E-state index in [4.69, 9.17) is 4.74 Å². The van der Waals surface area contributed by atoms with Crippen molar-refractivity contribution in [1.82, 2.24) is 9.80 Å². The van der Waals surface area contributed by atoms with Crippen molar-refractivity contribution < 1.29 is 4.74 Å². The molecule has 1 aliphatic heterocycles. The van der Waals surface area contributed by atoms with Crippen LogP contribution in [0.25, 0.3) is 0 Å². The summed E-state index contributed by atoms with van der Waals surface area (Å²) < 4.78 is 5.49. The highest BCUT2D eigenvalue weighted by molar-refractivity contribution is 4.74. The van der Waals surface area contributed by atoms with Crippen molar-refractivity contribution in [2.45, 2.75) is 65.9 Å². The molecule has 0 saturated carbocycles. The Morgan fingerprint density at radius 3 is 1.57 bits per heavy atom. The van der Waals surface area contributed by atoms with E-state index in [0.717, 1.165) is 6.42 Å². The summed E-state index contributed by atoms with van der Waals surface area (Å²) in [6.07, 6.45) is 5.06. The fraction of sp³-hybridized carbons (Fsp3) is 1.00. The number of piperazine rings is 1. The van der Waals surface area contributed by atoms with E-state index in [9.17, 15) is 0 Å². The van der Waals surface area contributed by atoms with Crippen LogP contribution in [0, 0.1) is 5.41 Å². The third kappa shape index (κ3) is 8.80. The molecule has 0 amide bonds. The van der Waals surface area contributed by atoms with E-state index in [-0.39, 0.29) is 5.60 Å². The Kier molecular flexibility index (Phi) is 7.66. The van der Waals surface area contributed by atoms with Crippen LogP contribution in [0.3, 0.4) is 0 Å². The van der Waals surface area contributed by atoms with Crippen LogP contribution >= 0.6 is 0 Å². The molecule has 0 N–H and O–H groups in total. The van der Waals surface area contributed by atoms with Crippen molar-refractivity contribution in [3.8, 4) is 0 Å². The Hall–Kier alpha value is -0.120. The maximum atomic E-state index is 5.49.